The first-order chi connectivity index (χ1) is 12.4. The van der Waals surface area contributed by atoms with Gasteiger partial charge in [0.05, 0.1) is 16.9 Å². The maximum atomic E-state index is 12.0. The first-order valence-electron chi connectivity index (χ1n) is 8.07. The lowest BCUT2D eigenvalue weighted by atomic mass is 10.2. The second kappa shape index (κ2) is 7.65. The largest absolute Gasteiger partial charge is 0.466 e. The molecule has 0 aliphatic heterocycles. The SMILES string of the molecule is Cc1cc(-c2nnc(COC(=O)CCC(=O)c3ccc(C)s3)o2)c(C)o1. The Morgan fingerprint density at radius 3 is 2.58 bits per heavy atom. The van der Waals surface area contributed by atoms with E-state index in [0.717, 1.165) is 10.6 Å². The summed E-state index contributed by atoms with van der Waals surface area (Å²) in [6, 6.07) is 5.45. The zero-order chi connectivity index (χ0) is 18.7. The van der Waals surface area contributed by atoms with E-state index in [9.17, 15) is 9.59 Å². The molecule has 26 heavy (non-hydrogen) atoms. The number of thiophene rings is 1. The van der Waals surface area contributed by atoms with Gasteiger partial charge in [0, 0.05) is 11.3 Å². The number of furan rings is 1. The summed E-state index contributed by atoms with van der Waals surface area (Å²) in [7, 11) is 0. The van der Waals surface area contributed by atoms with Gasteiger partial charge in [-0.1, -0.05) is 0 Å². The lowest BCUT2D eigenvalue weighted by Gasteiger charge is -2.01. The summed E-state index contributed by atoms with van der Waals surface area (Å²) >= 11 is 1.42. The van der Waals surface area contributed by atoms with Crippen molar-refractivity contribution in [3.8, 4) is 11.5 Å². The summed E-state index contributed by atoms with van der Waals surface area (Å²) in [6.45, 7) is 5.43. The molecule has 0 saturated heterocycles. The van der Waals surface area contributed by atoms with E-state index < -0.39 is 5.97 Å². The van der Waals surface area contributed by atoms with Crippen LogP contribution in [0.3, 0.4) is 0 Å². The first-order valence-corrected chi connectivity index (χ1v) is 8.89. The first kappa shape index (κ1) is 18.1. The van der Waals surface area contributed by atoms with Crippen molar-refractivity contribution in [2.75, 3.05) is 0 Å². The minimum atomic E-state index is -0.485. The van der Waals surface area contributed by atoms with Gasteiger partial charge in [-0.25, -0.2) is 0 Å². The van der Waals surface area contributed by atoms with Gasteiger partial charge < -0.3 is 13.6 Å². The highest BCUT2D eigenvalue weighted by Crippen LogP contribution is 2.25. The smallest absolute Gasteiger partial charge is 0.306 e. The number of ether oxygens (including phenoxy) is 1. The van der Waals surface area contributed by atoms with Crippen molar-refractivity contribution in [1.82, 2.24) is 10.2 Å². The summed E-state index contributed by atoms with van der Waals surface area (Å²) in [5.74, 6) is 1.37. The number of ketones is 1. The zero-order valence-electron chi connectivity index (χ0n) is 14.7. The van der Waals surface area contributed by atoms with Gasteiger partial charge in [0.25, 0.3) is 11.8 Å². The van der Waals surface area contributed by atoms with E-state index in [1.54, 1.807) is 19.1 Å². The summed E-state index contributed by atoms with van der Waals surface area (Å²) in [6.07, 6.45) is 0.123. The van der Waals surface area contributed by atoms with Crippen molar-refractivity contribution in [2.45, 2.75) is 40.2 Å². The number of hydrogen-bond acceptors (Lipinski definition) is 8. The molecule has 0 atom stereocenters. The number of Topliss-reactive ketones (excluding diaryl/α,β-unsaturated/α-hetero) is 1. The van der Waals surface area contributed by atoms with Crippen molar-refractivity contribution in [2.24, 2.45) is 0 Å². The van der Waals surface area contributed by atoms with Crippen molar-refractivity contribution >= 4 is 23.1 Å². The van der Waals surface area contributed by atoms with Crippen LogP contribution in [-0.4, -0.2) is 21.9 Å². The summed E-state index contributed by atoms with van der Waals surface area (Å²) in [4.78, 5) is 25.5. The maximum Gasteiger partial charge on any atom is 0.306 e. The predicted octanol–water partition coefficient (Wildman–Crippen LogP) is 4.02. The van der Waals surface area contributed by atoms with Crippen LogP contribution >= 0.6 is 11.3 Å². The molecule has 3 aromatic rings. The van der Waals surface area contributed by atoms with Crippen LogP contribution in [0.4, 0.5) is 0 Å². The molecule has 0 amide bonds. The minimum absolute atomic E-state index is 0.0107. The third kappa shape index (κ3) is 4.26. The van der Waals surface area contributed by atoms with Crippen LogP contribution in [0.1, 0.15) is 44.8 Å². The molecule has 0 N–H and O–H groups in total. The normalized spacial score (nSPS) is 10.9. The molecule has 3 rings (SSSR count). The molecule has 0 bridgehead atoms. The number of aromatic nitrogens is 2. The van der Waals surface area contributed by atoms with E-state index in [0.29, 0.717) is 22.1 Å². The second-order valence-electron chi connectivity index (χ2n) is 5.82. The Kier molecular flexibility index (Phi) is 5.32. The molecular formula is C18H18N2O5S. The number of carbonyl (C=O) groups is 2. The standard InChI is InChI=1S/C18H18N2O5S/c1-10-8-13(12(3)24-10)18-20-19-16(25-18)9-23-17(22)7-5-14(21)15-6-4-11(2)26-15/h4,6,8H,5,7,9H2,1-3H3. The van der Waals surface area contributed by atoms with Gasteiger partial charge in [0.2, 0.25) is 0 Å². The molecule has 0 aliphatic rings. The fourth-order valence-electron chi connectivity index (χ4n) is 2.40. The number of rotatable bonds is 7. The topological polar surface area (TPSA) is 95.4 Å². The van der Waals surface area contributed by atoms with E-state index in [1.165, 1.54) is 11.3 Å². The number of carbonyl (C=O) groups excluding carboxylic acids is 2. The third-order valence-electron chi connectivity index (χ3n) is 3.67. The zero-order valence-corrected chi connectivity index (χ0v) is 15.5. The molecule has 0 radical (unpaired) electrons. The molecule has 0 saturated carbocycles. The van der Waals surface area contributed by atoms with Gasteiger partial charge in [0.15, 0.2) is 12.4 Å². The van der Waals surface area contributed by atoms with Gasteiger partial charge >= 0.3 is 5.97 Å². The van der Waals surface area contributed by atoms with Crippen LogP contribution in [-0.2, 0) is 16.1 Å². The molecule has 0 aromatic carbocycles. The maximum absolute atomic E-state index is 12.0. The molecule has 7 nitrogen and oxygen atoms in total. The molecule has 0 spiro atoms. The number of aryl methyl sites for hydroxylation is 3. The van der Waals surface area contributed by atoms with Gasteiger partial charge in [-0.2, -0.15) is 0 Å². The second-order valence-corrected chi connectivity index (χ2v) is 7.11. The fourth-order valence-corrected chi connectivity index (χ4v) is 3.24. The van der Waals surface area contributed by atoms with Crippen molar-refractivity contribution in [3.05, 3.63) is 45.4 Å². The third-order valence-corrected chi connectivity index (χ3v) is 4.71. The molecule has 136 valence electrons. The molecule has 3 heterocycles. The molecule has 3 aromatic heterocycles. The Morgan fingerprint density at radius 1 is 1.12 bits per heavy atom. The monoisotopic (exact) mass is 374 g/mol. The predicted molar refractivity (Wildman–Crippen MR) is 93.9 cm³/mol. The minimum Gasteiger partial charge on any atom is -0.466 e. The van der Waals surface area contributed by atoms with Gasteiger partial charge in [0.1, 0.15) is 11.5 Å². The van der Waals surface area contributed by atoms with Crippen LogP contribution in [0, 0.1) is 20.8 Å². The molecule has 0 aliphatic carbocycles. The molecule has 0 fully saturated rings. The Hall–Kier alpha value is -2.74. The Morgan fingerprint density at radius 2 is 1.92 bits per heavy atom. The Balaban J connectivity index is 1.49. The average Bonchev–Trinajstić information content (AvgIpc) is 3.31. The average molecular weight is 374 g/mol. The summed E-state index contributed by atoms with van der Waals surface area (Å²) in [5, 5.41) is 7.79. The number of nitrogens with zero attached hydrogens (tertiary/aromatic N) is 2. The summed E-state index contributed by atoms with van der Waals surface area (Å²) < 4.78 is 16.0. The lowest BCUT2D eigenvalue weighted by Crippen LogP contribution is -2.07. The lowest BCUT2D eigenvalue weighted by molar-refractivity contribution is -0.145. The van der Waals surface area contributed by atoms with Crippen LogP contribution in [0.2, 0.25) is 0 Å². The quantitative estimate of drug-likeness (QED) is 0.455. The van der Waals surface area contributed by atoms with Gasteiger partial charge in [-0.05, 0) is 39.0 Å². The van der Waals surface area contributed by atoms with Gasteiger partial charge in [-0.15, -0.1) is 21.5 Å². The van der Waals surface area contributed by atoms with Crippen molar-refractivity contribution in [3.63, 3.8) is 0 Å². The van der Waals surface area contributed by atoms with Crippen LogP contribution < -0.4 is 0 Å². The molecule has 0 unspecified atom stereocenters. The van der Waals surface area contributed by atoms with E-state index in [4.69, 9.17) is 13.6 Å². The van der Waals surface area contributed by atoms with E-state index in [1.807, 2.05) is 19.9 Å². The van der Waals surface area contributed by atoms with E-state index in [-0.39, 0.29) is 31.1 Å². The van der Waals surface area contributed by atoms with Gasteiger partial charge in [-0.3, -0.25) is 9.59 Å². The molecule has 8 heteroatoms. The van der Waals surface area contributed by atoms with Crippen molar-refractivity contribution < 1.29 is 23.2 Å². The van der Waals surface area contributed by atoms with E-state index in [2.05, 4.69) is 10.2 Å². The van der Waals surface area contributed by atoms with E-state index >= 15 is 0 Å². The van der Waals surface area contributed by atoms with Crippen LogP contribution in [0.25, 0.3) is 11.5 Å². The Bertz CT molecular complexity index is 937. The Labute approximate surface area is 154 Å². The van der Waals surface area contributed by atoms with Crippen molar-refractivity contribution in [1.29, 1.82) is 0 Å². The highest BCUT2D eigenvalue weighted by molar-refractivity contribution is 7.14. The van der Waals surface area contributed by atoms with Crippen LogP contribution in [0.15, 0.2) is 27.0 Å². The number of esters is 1. The van der Waals surface area contributed by atoms with Crippen LogP contribution in [0.5, 0.6) is 0 Å². The summed E-state index contributed by atoms with van der Waals surface area (Å²) in [5.41, 5.74) is 0.712. The highest BCUT2D eigenvalue weighted by Gasteiger charge is 2.16. The fraction of sp³-hybridized carbons (Fsp3) is 0.333. The highest BCUT2D eigenvalue weighted by atomic mass is 32.1. The number of hydrogen-bond donors (Lipinski definition) is 0. The molecular weight excluding hydrogens is 356 g/mol.